The Labute approximate surface area is 88.0 Å². The van der Waals surface area contributed by atoms with Gasteiger partial charge in [0.2, 0.25) is 5.82 Å². The van der Waals surface area contributed by atoms with Gasteiger partial charge in [-0.1, -0.05) is 0 Å². The Bertz CT molecular complexity index is 370. The highest BCUT2D eigenvalue weighted by Gasteiger charge is 2.23. The Kier molecular flexibility index (Phi) is 3.40. The number of nitro groups is 1. The van der Waals surface area contributed by atoms with Crippen LogP contribution >= 0.6 is 15.9 Å². The van der Waals surface area contributed by atoms with Crippen LogP contribution < -0.4 is 4.74 Å². The molecule has 0 aromatic heterocycles. The van der Waals surface area contributed by atoms with Gasteiger partial charge in [0.05, 0.1) is 16.0 Å². The molecule has 0 aliphatic carbocycles. The average Bonchev–Trinajstić information content (AvgIpc) is 2.11. The lowest BCUT2D eigenvalue weighted by Crippen LogP contribution is -2.00. The maximum atomic E-state index is 13.3. The Morgan fingerprint density at radius 1 is 1.64 bits per heavy atom. The normalized spacial score (nSPS) is 9.93. The second-order valence-corrected chi connectivity index (χ2v) is 3.25. The summed E-state index contributed by atoms with van der Waals surface area (Å²) in [5.74, 6) is -0.973. The lowest BCUT2D eigenvalue weighted by molar-refractivity contribution is -0.388. The first-order valence-corrected chi connectivity index (χ1v) is 4.62. The molecule has 1 aromatic carbocycles. The van der Waals surface area contributed by atoms with Crippen LogP contribution in [0.4, 0.5) is 10.1 Å². The van der Waals surface area contributed by atoms with Crippen LogP contribution in [0.5, 0.6) is 5.75 Å². The Hall–Kier alpha value is -1.17. The van der Waals surface area contributed by atoms with Crippen molar-refractivity contribution in [2.45, 2.75) is 6.92 Å². The third kappa shape index (κ3) is 2.01. The van der Waals surface area contributed by atoms with Crippen LogP contribution in [-0.4, -0.2) is 11.5 Å². The minimum atomic E-state index is -0.916. The summed E-state index contributed by atoms with van der Waals surface area (Å²) in [7, 11) is 0. The van der Waals surface area contributed by atoms with E-state index >= 15 is 0 Å². The first kappa shape index (κ1) is 10.9. The van der Waals surface area contributed by atoms with E-state index in [4.69, 9.17) is 4.74 Å². The predicted octanol–water partition coefficient (Wildman–Crippen LogP) is 2.90. The van der Waals surface area contributed by atoms with Crippen LogP contribution in [0.3, 0.4) is 0 Å². The number of nitrogens with zero attached hydrogens (tertiary/aromatic N) is 1. The van der Waals surface area contributed by atoms with Crippen LogP contribution in [-0.2, 0) is 0 Å². The molecular weight excluding hydrogens is 257 g/mol. The number of rotatable bonds is 3. The van der Waals surface area contributed by atoms with E-state index in [1.54, 1.807) is 6.92 Å². The van der Waals surface area contributed by atoms with Gasteiger partial charge in [-0.15, -0.1) is 0 Å². The summed E-state index contributed by atoms with van der Waals surface area (Å²) >= 11 is 2.86. The molecule has 0 N–H and O–H groups in total. The molecule has 0 spiro atoms. The van der Waals surface area contributed by atoms with Crippen LogP contribution in [0.15, 0.2) is 16.6 Å². The standard InChI is InChI=1S/C8H7BrFNO3/c1-2-14-6-4-3-5(9)7(10)8(6)11(12)13/h3-4H,2H2,1H3. The summed E-state index contributed by atoms with van der Waals surface area (Å²) in [6.45, 7) is 1.92. The van der Waals surface area contributed by atoms with Gasteiger partial charge in [0.25, 0.3) is 0 Å². The number of hydrogen-bond acceptors (Lipinski definition) is 3. The monoisotopic (exact) mass is 263 g/mol. The molecule has 0 amide bonds. The van der Waals surface area contributed by atoms with E-state index < -0.39 is 16.4 Å². The molecule has 0 aliphatic rings. The highest BCUT2D eigenvalue weighted by atomic mass is 79.9. The maximum absolute atomic E-state index is 13.3. The van der Waals surface area contributed by atoms with Crippen molar-refractivity contribution in [1.29, 1.82) is 0 Å². The smallest absolute Gasteiger partial charge is 0.347 e. The zero-order valence-electron chi connectivity index (χ0n) is 7.29. The zero-order chi connectivity index (χ0) is 10.7. The van der Waals surface area contributed by atoms with Gasteiger partial charge in [-0.3, -0.25) is 10.1 Å². The van der Waals surface area contributed by atoms with Crippen molar-refractivity contribution in [2.24, 2.45) is 0 Å². The van der Waals surface area contributed by atoms with Crippen molar-refractivity contribution in [3.8, 4) is 5.75 Å². The first-order chi connectivity index (χ1) is 6.57. The molecule has 4 nitrogen and oxygen atoms in total. The van der Waals surface area contributed by atoms with Crippen LogP contribution in [0, 0.1) is 15.9 Å². The van der Waals surface area contributed by atoms with E-state index in [-0.39, 0.29) is 16.8 Å². The van der Waals surface area contributed by atoms with E-state index in [0.29, 0.717) is 0 Å². The van der Waals surface area contributed by atoms with Gasteiger partial charge in [-0.2, -0.15) is 4.39 Å². The van der Waals surface area contributed by atoms with Gasteiger partial charge >= 0.3 is 5.69 Å². The summed E-state index contributed by atoms with van der Waals surface area (Å²) in [5, 5.41) is 10.5. The van der Waals surface area contributed by atoms with Gasteiger partial charge < -0.3 is 4.74 Å². The van der Waals surface area contributed by atoms with Crippen molar-refractivity contribution >= 4 is 21.6 Å². The summed E-state index contributed by atoms with van der Waals surface area (Å²) < 4.78 is 18.2. The van der Waals surface area contributed by atoms with E-state index in [9.17, 15) is 14.5 Å². The SMILES string of the molecule is CCOc1ccc(Br)c(F)c1[N+](=O)[O-]. The summed E-state index contributed by atoms with van der Waals surface area (Å²) in [4.78, 5) is 9.73. The zero-order valence-corrected chi connectivity index (χ0v) is 8.88. The third-order valence-corrected chi connectivity index (χ3v) is 2.13. The summed E-state index contributed by atoms with van der Waals surface area (Å²) in [5.41, 5.74) is -0.638. The van der Waals surface area contributed by atoms with Gasteiger partial charge in [-0.05, 0) is 35.0 Å². The average molecular weight is 264 g/mol. The molecule has 0 fully saturated rings. The molecule has 0 unspecified atom stereocenters. The molecule has 0 radical (unpaired) electrons. The largest absolute Gasteiger partial charge is 0.487 e. The second kappa shape index (κ2) is 4.36. The molecule has 0 saturated heterocycles. The maximum Gasteiger partial charge on any atom is 0.347 e. The second-order valence-electron chi connectivity index (χ2n) is 2.40. The summed E-state index contributed by atoms with van der Waals surface area (Å²) in [6, 6.07) is 2.72. The lowest BCUT2D eigenvalue weighted by Gasteiger charge is -2.04. The topological polar surface area (TPSA) is 52.4 Å². The fraction of sp³-hybridized carbons (Fsp3) is 0.250. The molecule has 0 aliphatic heterocycles. The Balaban J connectivity index is 3.30. The fourth-order valence-electron chi connectivity index (χ4n) is 0.964. The molecule has 0 saturated carbocycles. The van der Waals surface area contributed by atoms with E-state index in [1.807, 2.05) is 0 Å². The lowest BCUT2D eigenvalue weighted by atomic mass is 10.3. The summed E-state index contributed by atoms with van der Waals surface area (Å²) in [6.07, 6.45) is 0. The van der Waals surface area contributed by atoms with Crippen LogP contribution in [0.2, 0.25) is 0 Å². The molecule has 1 rings (SSSR count). The van der Waals surface area contributed by atoms with Gasteiger partial charge in [0.1, 0.15) is 0 Å². The fourth-order valence-corrected chi connectivity index (χ4v) is 1.28. The third-order valence-electron chi connectivity index (χ3n) is 1.51. The predicted molar refractivity (Wildman–Crippen MR) is 51.9 cm³/mol. The Morgan fingerprint density at radius 3 is 2.79 bits per heavy atom. The number of ether oxygens (including phenoxy) is 1. The number of benzene rings is 1. The highest BCUT2D eigenvalue weighted by Crippen LogP contribution is 2.34. The molecular formula is C8H7BrFNO3. The highest BCUT2D eigenvalue weighted by molar-refractivity contribution is 9.10. The van der Waals surface area contributed by atoms with Crippen molar-refractivity contribution in [2.75, 3.05) is 6.61 Å². The molecule has 14 heavy (non-hydrogen) atoms. The van der Waals surface area contributed by atoms with Crippen molar-refractivity contribution < 1.29 is 14.1 Å². The first-order valence-electron chi connectivity index (χ1n) is 3.83. The van der Waals surface area contributed by atoms with E-state index in [0.717, 1.165) is 0 Å². The van der Waals surface area contributed by atoms with Gasteiger partial charge in [0.15, 0.2) is 5.75 Å². The minimum absolute atomic E-state index is 0.0488. The van der Waals surface area contributed by atoms with Crippen LogP contribution in [0.1, 0.15) is 6.92 Å². The molecule has 0 atom stereocenters. The molecule has 1 aromatic rings. The molecule has 76 valence electrons. The van der Waals surface area contributed by atoms with Crippen molar-refractivity contribution in [3.63, 3.8) is 0 Å². The number of halogens is 2. The minimum Gasteiger partial charge on any atom is -0.487 e. The van der Waals surface area contributed by atoms with Crippen LogP contribution in [0.25, 0.3) is 0 Å². The Morgan fingerprint density at radius 2 is 2.29 bits per heavy atom. The van der Waals surface area contributed by atoms with Gasteiger partial charge in [-0.25, -0.2) is 0 Å². The number of hydrogen-bond donors (Lipinski definition) is 0. The molecule has 6 heteroatoms. The number of nitro benzene ring substituents is 1. The molecule has 0 heterocycles. The molecule has 0 bridgehead atoms. The quantitative estimate of drug-likeness (QED) is 0.623. The van der Waals surface area contributed by atoms with Crippen molar-refractivity contribution in [1.82, 2.24) is 0 Å². The van der Waals surface area contributed by atoms with Crippen molar-refractivity contribution in [3.05, 3.63) is 32.5 Å². The van der Waals surface area contributed by atoms with E-state index in [1.165, 1.54) is 12.1 Å². The van der Waals surface area contributed by atoms with Gasteiger partial charge in [0, 0.05) is 0 Å². The van der Waals surface area contributed by atoms with E-state index in [2.05, 4.69) is 15.9 Å².